The van der Waals surface area contributed by atoms with E-state index >= 15 is 0 Å². The molecule has 0 amide bonds. The number of benzene rings is 1. The van der Waals surface area contributed by atoms with Crippen LogP contribution in [0.3, 0.4) is 0 Å². The Morgan fingerprint density at radius 1 is 1.28 bits per heavy atom. The summed E-state index contributed by atoms with van der Waals surface area (Å²) in [6, 6.07) is 11.3. The van der Waals surface area contributed by atoms with Crippen molar-refractivity contribution in [3.05, 3.63) is 48.2 Å². The summed E-state index contributed by atoms with van der Waals surface area (Å²) >= 11 is 0. The summed E-state index contributed by atoms with van der Waals surface area (Å²) in [6.07, 6.45) is -2.05. The van der Waals surface area contributed by atoms with E-state index in [4.69, 9.17) is 9.47 Å². The van der Waals surface area contributed by atoms with Crippen molar-refractivity contribution >= 4 is 35.6 Å². The van der Waals surface area contributed by atoms with Crippen molar-refractivity contribution in [1.29, 1.82) is 0 Å². The molecule has 1 aromatic carbocycles. The molecule has 1 fully saturated rings. The van der Waals surface area contributed by atoms with Crippen molar-refractivity contribution in [2.24, 2.45) is 4.99 Å². The van der Waals surface area contributed by atoms with Gasteiger partial charge in [-0.2, -0.15) is 13.2 Å². The number of guanidine groups is 1. The van der Waals surface area contributed by atoms with E-state index in [0.717, 1.165) is 36.5 Å². The number of hydrogen-bond donors (Lipinski definition) is 2. The molecular formula is C21H27F3IN5O2. The molecule has 2 N–H and O–H groups in total. The number of pyridine rings is 1. The topological polar surface area (TPSA) is 71.0 Å². The van der Waals surface area contributed by atoms with E-state index < -0.39 is 12.8 Å². The lowest BCUT2D eigenvalue weighted by Gasteiger charge is -2.22. The molecule has 0 saturated carbocycles. The summed E-state index contributed by atoms with van der Waals surface area (Å²) in [5.74, 6) is 1.39. The number of rotatable bonds is 7. The average Bonchev–Trinajstić information content (AvgIpc) is 3.23. The van der Waals surface area contributed by atoms with Crippen LogP contribution in [0.1, 0.15) is 12.0 Å². The molecule has 1 unspecified atom stereocenters. The minimum Gasteiger partial charge on any atom is -0.495 e. The van der Waals surface area contributed by atoms with E-state index in [-0.39, 0.29) is 35.9 Å². The fourth-order valence-corrected chi connectivity index (χ4v) is 3.36. The quantitative estimate of drug-likeness (QED) is 0.304. The maximum Gasteiger partial charge on any atom is 0.422 e. The Labute approximate surface area is 202 Å². The summed E-state index contributed by atoms with van der Waals surface area (Å²) < 4.78 is 47.1. The molecule has 2 aromatic rings. The number of aliphatic imine (C=N–C) groups is 1. The molecule has 7 nitrogen and oxygen atoms in total. The first-order valence-corrected chi connectivity index (χ1v) is 9.87. The monoisotopic (exact) mass is 565 g/mol. The SMILES string of the molecule is CN=C(NCc1ccnc(OCC(F)(F)F)c1)NC1CCN(c2ccccc2OC)C1.I. The van der Waals surface area contributed by atoms with Gasteiger partial charge in [-0.1, -0.05) is 12.1 Å². The number of alkyl halides is 3. The van der Waals surface area contributed by atoms with Crippen LogP contribution in [0.4, 0.5) is 18.9 Å². The number of ether oxygens (including phenoxy) is 2. The molecule has 2 heterocycles. The Morgan fingerprint density at radius 3 is 2.78 bits per heavy atom. The van der Waals surface area contributed by atoms with Crippen LogP contribution in [-0.4, -0.2) is 57.0 Å². The number of nitrogens with zero attached hydrogens (tertiary/aromatic N) is 3. The highest BCUT2D eigenvalue weighted by Crippen LogP contribution is 2.30. The van der Waals surface area contributed by atoms with E-state index in [1.165, 1.54) is 12.3 Å². The molecule has 1 saturated heterocycles. The maximum atomic E-state index is 12.3. The van der Waals surface area contributed by atoms with E-state index in [1.54, 1.807) is 20.2 Å². The lowest BCUT2D eigenvalue weighted by molar-refractivity contribution is -0.154. The molecule has 0 bridgehead atoms. The number of nitrogens with one attached hydrogen (secondary N) is 2. The largest absolute Gasteiger partial charge is 0.495 e. The third-order valence-corrected chi connectivity index (χ3v) is 4.82. The highest BCUT2D eigenvalue weighted by atomic mass is 127. The minimum atomic E-state index is -4.40. The molecule has 3 rings (SSSR count). The van der Waals surface area contributed by atoms with Gasteiger partial charge in [0.05, 0.1) is 12.8 Å². The number of para-hydroxylation sites is 2. The van der Waals surface area contributed by atoms with Crippen molar-refractivity contribution in [2.75, 3.05) is 38.8 Å². The van der Waals surface area contributed by atoms with Crippen LogP contribution in [0.25, 0.3) is 0 Å². The number of hydrogen-bond acceptors (Lipinski definition) is 5. The van der Waals surface area contributed by atoms with Gasteiger partial charge < -0.3 is 25.0 Å². The molecule has 176 valence electrons. The molecule has 0 radical (unpaired) electrons. The number of anilines is 1. The standard InChI is InChI=1S/C21H26F3N5O2.HI/c1-25-20(27-12-15-7-9-26-19(11-15)31-14-21(22,23)24)28-16-8-10-29(13-16)17-5-3-4-6-18(17)30-2;/h3-7,9,11,16H,8,10,12-14H2,1-2H3,(H2,25,27,28);1H. The first-order valence-electron chi connectivity index (χ1n) is 9.87. The van der Waals surface area contributed by atoms with E-state index in [2.05, 4.69) is 25.5 Å². The van der Waals surface area contributed by atoms with Gasteiger partial charge in [-0.15, -0.1) is 24.0 Å². The molecule has 1 atom stereocenters. The van der Waals surface area contributed by atoms with E-state index in [9.17, 15) is 13.2 Å². The zero-order valence-corrected chi connectivity index (χ0v) is 20.2. The predicted molar refractivity (Wildman–Crippen MR) is 128 cm³/mol. The smallest absolute Gasteiger partial charge is 0.422 e. The van der Waals surface area contributed by atoms with E-state index in [1.807, 2.05) is 24.3 Å². The third-order valence-electron chi connectivity index (χ3n) is 4.82. The summed E-state index contributed by atoms with van der Waals surface area (Å²) in [5.41, 5.74) is 1.79. The van der Waals surface area contributed by atoms with Crippen LogP contribution in [0.15, 0.2) is 47.6 Å². The Bertz CT molecular complexity index is 898. The zero-order chi connectivity index (χ0) is 22.3. The van der Waals surface area contributed by atoms with Gasteiger partial charge in [-0.05, 0) is 30.2 Å². The van der Waals surface area contributed by atoms with E-state index in [0.29, 0.717) is 12.5 Å². The molecule has 0 aliphatic carbocycles. The maximum absolute atomic E-state index is 12.3. The van der Waals surface area contributed by atoms with Crippen molar-refractivity contribution < 1.29 is 22.6 Å². The van der Waals surface area contributed by atoms with Crippen LogP contribution < -0.4 is 25.0 Å². The summed E-state index contributed by atoms with van der Waals surface area (Å²) in [6.45, 7) is 0.684. The van der Waals surface area contributed by atoms with Gasteiger partial charge in [0.1, 0.15) is 5.75 Å². The molecule has 1 aliphatic heterocycles. The molecular weight excluding hydrogens is 538 g/mol. The average molecular weight is 565 g/mol. The van der Waals surface area contributed by atoms with Crippen molar-refractivity contribution in [3.63, 3.8) is 0 Å². The second-order valence-electron chi connectivity index (χ2n) is 7.08. The molecule has 1 aliphatic rings. The number of halogens is 4. The molecule has 1 aromatic heterocycles. The summed E-state index contributed by atoms with van der Waals surface area (Å²) in [7, 11) is 3.34. The predicted octanol–water partition coefficient (Wildman–Crippen LogP) is 3.59. The van der Waals surface area contributed by atoms with Gasteiger partial charge in [0.2, 0.25) is 5.88 Å². The lowest BCUT2D eigenvalue weighted by atomic mass is 10.2. The van der Waals surface area contributed by atoms with Crippen molar-refractivity contribution in [1.82, 2.24) is 15.6 Å². The van der Waals surface area contributed by atoms with Gasteiger partial charge in [-0.25, -0.2) is 4.98 Å². The summed E-state index contributed by atoms with van der Waals surface area (Å²) in [4.78, 5) is 10.3. The highest BCUT2D eigenvalue weighted by molar-refractivity contribution is 14.0. The first kappa shape index (κ1) is 25.8. The normalized spacial score (nSPS) is 16.3. The molecule has 0 spiro atoms. The Hall–Kier alpha value is -2.44. The van der Waals surface area contributed by atoms with Crippen molar-refractivity contribution in [3.8, 4) is 11.6 Å². The van der Waals surface area contributed by atoms with Crippen LogP contribution >= 0.6 is 24.0 Å². The number of methoxy groups -OCH3 is 1. The minimum absolute atomic E-state index is 0. The van der Waals surface area contributed by atoms with Crippen LogP contribution in [-0.2, 0) is 6.54 Å². The number of aromatic nitrogens is 1. The lowest BCUT2D eigenvalue weighted by Crippen LogP contribution is -2.44. The first-order chi connectivity index (χ1) is 14.9. The zero-order valence-electron chi connectivity index (χ0n) is 17.9. The van der Waals surface area contributed by atoms with Gasteiger partial charge in [0.15, 0.2) is 12.6 Å². The fraction of sp³-hybridized carbons (Fsp3) is 0.429. The fourth-order valence-electron chi connectivity index (χ4n) is 3.36. The molecule has 11 heteroatoms. The molecule has 32 heavy (non-hydrogen) atoms. The van der Waals surface area contributed by atoms with Crippen LogP contribution in [0, 0.1) is 0 Å². The Balaban J connectivity index is 0.00000363. The van der Waals surface area contributed by atoms with Gasteiger partial charge in [0.25, 0.3) is 0 Å². The second-order valence-corrected chi connectivity index (χ2v) is 7.08. The van der Waals surface area contributed by atoms with Gasteiger partial charge in [0, 0.05) is 45.0 Å². The van der Waals surface area contributed by atoms with Crippen LogP contribution in [0.5, 0.6) is 11.6 Å². The van der Waals surface area contributed by atoms with Gasteiger partial charge in [-0.3, -0.25) is 4.99 Å². The Morgan fingerprint density at radius 2 is 2.06 bits per heavy atom. The van der Waals surface area contributed by atoms with Gasteiger partial charge >= 0.3 is 6.18 Å². The second kappa shape index (κ2) is 12.0. The summed E-state index contributed by atoms with van der Waals surface area (Å²) in [5, 5.41) is 6.57. The highest BCUT2D eigenvalue weighted by Gasteiger charge is 2.28. The Kier molecular flexibility index (Phi) is 9.66. The van der Waals surface area contributed by atoms with Crippen molar-refractivity contribution in [2.45, 2.75) is 25.2 Å². The van der Waals surface area contributed by atoms with Crippen LogP contribution in [0.2, 0.25) is 0 Å². The third kappa shape index (κ3) is 7.61.